The quantitative estimate of drug-likeness (QED) is 0.443. The number of rotatable bonds is 3. The average molecular weight is 379 g/mol. The van der Waals surface area contributed by atoms with Crippen LogP contribution in [-0.4, -0.2) is 15.9 Å². The van der Waals surface area contributed by atoms with Crippen molar-refractivity contribution in [2.24, 2.45) is 0 Å². The molecule has 0 fully saturated rings. The van der Waals surface area contributed by atoms with Gasteiger partial charge in [-0.05, 0) is 59.7 Å². The van der Waals surface area contributed by atoms with Crippen LogP contribution in [0.25, 0.3) is 33.5 Å². The Hall–Kier alpha value is -3.99. The standard InChI is InChI=1S/C24H17N3O2/c1-15-8-9-19(24-27-22-21(29-24)7-4-12-25-22)14-20(15)26-23(28)18-11-10-16-5-2-3-6-17(16)13-18/h2-14H,1H3,(H,26,28). The second-order valence-electron chi connectivity index (χ2n) is 6.89. The van der Waals surface area contributed by atoms with Crippen LogP contribution in [0.4, 0.5) is 5.69 Å². The molecule has 3 aromatic carbocycles. The van der Waals surface area contributed by atoms with Gasteiger partial charge in [0.05, 0.1) is 0 Å². The van der Waals surface area contributed by atoms with Crippen LogP contribution in [0.5, 0.6) is 0 Å². The molecule has 2 heterocycles. The van der Waals surface area contributed by atoms with Crippen molar-refractivity contribution in [1.82, 2.24) is 9.97 Å². The van der Waals surface area contributed by atoms with Crippen molar-refractivity contribution in [2.75, 3.05) is 5.32 Å². The molecule has 5 heteroatoms. The fraction of sp³-hybridized carbons (Fsp3) is 0.0417. The minimum atomic E-state index is -0.157. The second-order valence-corrected chi connectivity index (χ2v) is 6.89. The molecule has 0 saturated heterocycles. The first kappa shape index (κ1) is 17.1. The van der Waals surface area contributed by atoms with E-state index in [-0.39, 0.29) is 5.91 Å². The number of aryl methyl sites for hydroxylation is 1. The van der Waals surface area contributed by atoms with E-state index >= 15 is 0 Å². The van der Waals surface area contributed by atoms with Gasteiger partial charge in [-0.1, -0.05) is 36.4 Å². The molecule has 0 aliphatic carbocycles. The molecule has 0 aliphatic rings. The van der Waals surface area contributed by atoms with Gasteiger partial charge in [-0.15, -0.1) is 0 Å². The number of anilines is 1. The molecule has 0 saturated carbocycles. The number of nitrogens with one attached hydrogen (secondary N) is 1. The van der Waals surface area contributed by atoms with Gasteiger partial charge in [0.2, 0.25) is 5.89 Å². The Balaban J connectivity index is 1.47. The zero-order valence-electron chi connectivity index (χ0n) is 15.7. The van der Waals surface area contributed by atoms with Crippen LogP contribution in [0.15, 0.2) is 83.4 Å². The van der Waals surface area contributed by atoms with Gasteiger partial charge < -0.3 is 9.73 Å². The van der Waals surface area contributed by atoms with Gasteiger partial charge in [0.15, 0.2) is 11.2 Å². The highest BCUT2D eigenvalue weighted by atomic mass is 16.3. The summed E-state index contributed by atoms with van der Waals surface area (Å²) in [4.78, 5) is 21.5. The lowest BCUT2D eigenvalue weighted by Crippen LogP contribution is -2.12. The topological polar surface area (TPSA) is 68.0 Å². The van der Waals surface area contributed by atoms with E-state index in [4.69, 9.17) is 4.42 Å². The molecule has 0 radical (unpaired) electrons. The molecular weight excluding hydrogens is 362 g/mol. The number of nitrogens with zero attached hydrogens (tertiary/aromatic N) is 2. The van der Waals surface area contributed by atoms with Crippen molar-refractivity contribution < 1.29 is 9.21 Å². The lowest BCUT2D eigenvalue weighted by Gasteiger charge is -2.10. The number of oxazole rings is 1. The molecular formula is C24H17N3O2. The number of pyridine rings is 1. The highest BCUT2D eigenvalue weighted by Crippen LogP contribution is 2.28. The lowest BCUT2D eigenvalue weighted by molar-refractivity contribution is 0.102. The number of carbonyl (C=O) groups is 1. The van der Waals surface area contributed by atoms with Crippen molar-refractivity contribution in [3.63, 3.8) is 0 Å². The highest BCUT2D eigenvalue weighted by molar-refractivity contribution is 6.07. The molecule has 5 aromatic rings. The summed E-state index contributed by atoms with van der Waals surface area (Å²) in [5.74, 6) is 0.315. The molecule has 5 rings (SSSR count). The van der Waals surface area contributed by atoms with E-state index in [1.54, 1.807) is 6.20 Å². The minimum Gasteiger partial charge on any atom is -0.434 e. The SMILES string of the molecule is Cc1ccc(-c2nc3ncccc3o2)cc1NC(=O)c1ccc2ccccc2c1. The third kappa shape index (κ3) is 3.23. The Morgan fingerprint density at radius 2 is 1.79 bits per heavy atom. The Kier molecular flexibility index (Phi) is 4.06. The highest BCUT2D eigenvalue weighted by Gasteiger charge is 2.13. The van der Waals surface area contributed by atoms with Gasteiger partial charge >= 0.3 is 0 Å². The number of benzene rings is 3. The Morgan fingerprint density at radius 1 is 0.931 bits per heavy atom. The molecule has 0 unspecified atom stereocenters. The van der Waals surface area contributed by atoms with E-state index in [0.29, 0.717) is 22.7 Å². The van der Waals surface area contributed by atoms with E-state index < -0.39 is 0 Å². The Bertz CT molecular complexity index is 1340. The summed E-state index contributed by atoms with van der Waals surface area (Å²) in [5.41, 5.74) is 4.25. The lowest BCUT2D eigenvalue weighted by atomic mass is 10.1. The molecule has 0 aliphatic heterocycles. The van der Waals surface area contributed by atoms with E-state index in [2.05, 4.69) is 15.3 Å². The molecule has 140 valence electrons. The predicted molar refractivity (Wildman–Crippen MR) is 114 cm³/mol. The van der Waals surface area contributed by atoms with Crippen molar-refractivity contribution in [3.8, 4) is 11.5 Å². The summed E-state index contributed by atoms with van der Waals surface area (Å²) >= 11 is 0. The molecule has 1 amide bonds. The summed E-state index contributed by atoms with van der Waals surface area (Å²) in [6, 6.07) is 23.0. The summed E-state index contributed by atoms with van der Waals surface area (Å²) in [6.45, 7) is 1.95. The van der Waals surface area contributed by atoms with Crippen LogP contribution in [0.2, 0.25) is 0 Å². The summed E-state index contributed by atoms with van der Waals surface area (Å²) in [5, 5.41) is 5.15. The van der Waals surface area contributed by atoms with Gasteiger partial charge in [0, 0.05) is 23.0 Å². The third-order valence-electron chi connectivity index (χ3n) is 4.91. The second kappa shape index (κ2) is 6.87. The van der Waals surface area contributed by atoms with Crippen LogP contribution in [0.1, 0.15) is 15.9 Å². The van der Waals surface area contributed by atoms with Crippen molar-refractivity contribution in [1.29, 1.82) is 0 Å². The molecule has 0 bridgehead atoms. The normalized spacial score (nSPS) is 11.1. The van der Waals surface area contributed by atoms with Gasteiger partial charge in [-0.3, -0.25) is 4.79 Å². The van der Waals surface area contributed by atoms with Crippen LogP contribution in [0, 0.1) is 6.92 Å². The zero-order chi connectivity index (χ0) is 19.8. The maximum Gasteiger partial charge on any atom is 0.255 e. The summed E-state index contributed by atoms with van der Waals surface area (Å²) in [6.07, 6.45) is 1.68. The maximum absolute atomic E-state index is 12.8. The van der Waals surface area contributed by atoms with E-state index in [1.165, 1.54) is 0 Å². The molecule has 5 nitrogen and oxygen atoms in total. The number of hydrogen-bond donors (Lipinski definition) is 1. The van der Waals surface area contributed by atoms with Crippen molar-refractivity contribution in [3.05, 3.63) is 90.1 Å². The zero-order valence-corrected chi connectivity index (χ0v) is 15.7. The third-order valence-corrected chi connectivity index (χ3v) is 4.91. The fourth-order valence-electron chi connectivity index (χ4n) is 3.31. The van der Waals surface area contributed by atoms with Crippen molar-refractivity contribution >= 4 is 33.6 Å². The van der Waals surface area contributed by atoms with Gasteiger partial charge in [0.1, 0.15) is 0 Å². The molecule has 0 spiro atoms. The first-order chi connectivity index (χ1) is 14.2. The van der Waals surface area contributed by atoms with Crippen LogP contribution >= 0.6 is 0 Å². The summed E-state index contributed by atoms with van der Waals surface area (Å²) < 4.78 is 5.80. The number of carbonyl (C=O) groups excluding carboxylic acids is 1. The minimum absolute atomic E-state index is 0.157. The van der Waals surface area contributed by atoms with Crippen molar-refractivity contribution in [2.45, 2.75) is 6.92 Å². The van der Waals surface area contributed by atoms with Crippen LogP contribution in [0.3, 0.4) is 0 Å². The smallest absolute Gasteiger partial charge is 0.255 e. The number of hydrogen-bond acceptors (Lipinski definition) is 4. The van der Waals surface area contributed by atoms with E-state index in [9.17, 15) is 4.79 Å². The number of fused-ring (bicyclic) bond motifs is 2. The molecule has 29 heavy (non-hydrogen) atoms. The summed E-state index contributed by atoms with van der Waals surface area (Å²) in [7, 11) is 0. The van der Waals surface area contributed by atoms with E-state index in [0.717, 1.165) is 27.6 Å². The predicted octanol–water partition coefficient (Wildman–Crippen LogP) is 5.60. The average Bonchev–Trinajstić information content (AvgIpc) is 3.19. The monoisotopic (exact) mass is 379 g/mol. The number of amides is 1. The van der Waals surface area contributed by atoms with Gasteiger partial charge in [-0.25, -0.2) is 4.98 Å². The number of aromatic nitrogens is 2. The molecule has 2 aromatic heterocycles. The first-order valence-electron chi connectivity index (χ1n) is 9.30. The van der Waals surface area contributed by atoms with Gasteiger partial charge in [0.25, 0.3) is 5.91 Å². The molecule has 0 atom stereocenters. The molecule has 1 N–H and O–H groups in total. The fourth-order valence-corrected chi connectivity index (χ4v) is 3.31. The van der Waals surface area contributed by atoms with Crippen LogP contribution < -0.4 is 5.32 Å². The Labute approximate surface area is 167 Å². The van der Waals surface area contributed by atoms with Gasteiger partial charge in [-0.2, -0.15) is 4.98 Å². The maximum atomic E-state index is 12.8. The largest absolute Gasteiger partial charge is 0.434 e. The Morgan fingerprint density at radius 3 is 2.66 bits per heavy atom. The first-order valence-corrected chi connectivity index (χ1v) is 9.30. The van der Waals surface area contributed by atoms with Crippen LogP contribution in [-0.2, 0) is 0 Å². The van der Waals surface area contributed by atoms with E-state index in [1.807, 2.05) is 79.7 Å².